The van der Waals surface area contributed by atoms with Crippen LogP contribution in [0.3, 0.4) is 0 Å². The molecule has 1 aromatic carbocycles. The minimum atomic E-state index is -3.68. The van der Waals surface area contributed by atoms with E-state index in [0.29, 0.717) is 6.42 Å². The molecule has 23 heavy (non-hydrogen) atoms. The normalized spacial score (nSPS) is 17.5. The number of benzene rings is 1. The molecule has 1 aliphatic carbocycles. The zero-order valence-electron chi connectivity index (χ0n) is 12.4. The summed E-state index contributed by atoms with van der Waals surface area (Å²) in [4.78, 5) is 10.5. The average Bonchev–Trinajstić information content (AvgIpc) is 2.93. The van der Waals surface area contributed by atoms with Crippen LogP contribution >= 0.6 is 0 Å². The Morgan fingerprint density at radius 2 is 2.22 bits per heavy atom. The van der Waals surface area contributed by atoms with Gasteiger partial charge in [-0.15, -0.1) is 0 Å². The number of sulfone groups is 1. The van der Waals surface area contributed by atoms with Gasteiger partial charge in [0.25, 0.3) is 0 Å². The molecule has 1 unspecified atom stereocenters. The minimum Gasteiger partial charge on any atom is -0.376 e. The first kappa shape index (κ1) is 15.5. The molecule has 0 bridgehead atoms. The third kappa shape index (κ3) is 3.04. The van der Waals surface area contributed by atoms with E-state index in [-0.39, 0.29) is 16.6 Å². The first-order valence-corrected chi connectivity index (χ1v) is 9.00. The van der Waals surface area contributed by atoms with E-state index >= 15 is 0 Å². The number of H-pyrrole nitrogens is 1. The Balaban J connectivity index is 1.93. The Bertz CT molecular complexity index is 859. The fraction of sp³-hybridized carbons (Fsp3) is 0.357. The average molecular weight is 336 g/mol. The zero-order chi connectivity index (χ0) is 16.6. The summed E-state index contributed by atoms with van der Waals surface area (Å²) in [5, 5.41) is 21.4. The van der Waals surface area contributed by atoms with Gasteiger partial charge in [-0.05, 0) is 37.0 Å². The van der Waals surface area contributed by atoms with Crippen LogP contribution in [-0.4, -0.2) is 35.8 Å². The molecule has 8 nitrogen and oxygen atoms in total. The molecule has 2 aromatic rings. The summed E-state index contributed by atoms with van der Waals surface area (Å²) >= 11 is 0. The highest BCUT2D eigenvalue weighted by molar-refractivity contribution is 7.90. The van der Waals surface area contributed by atoms with Crippen molar-refractivity contribution >= 4 is 21.2 Å². The highest BCUT2D eigenvalue weighted by Crippen LogP contribution is 2.33. The molecule has 1 heterocycles. The van der Waals surface area contributed by atoms with E-state index in [1.807, 2.05) is 0 Å². The summed E-state index contributed by atoms with van der Waals surface area (Å²) in [5.74, 6) is 0. The summed E-state index contributed by atoms with van der Waals surface area (Å²) in [6.07, 6.45) is 5.00. The van der Waals surface area contributed by atoms with Gasteiger partial charge in [0.2, 0.25) is 0 Å². The summed E-state index contributed by atoms with van der Waals surface area (Å²) in [6.45, 7) is 0. The number of para-hydroxylation sites is 1. The maximum Gasteiger partial charge on any atom is 0.310 e. The van der Waals surface area contributed by atoms with Gasteiger partial charge in [-0.1, -0.05) is 6.07 Å². The third-order valence-corrected chi connectivity index (χ3v) is 5.09. The fourth-order valence-corrected chi connectivity index (χ4v) is 3.75. The van der Waals surface area contributed by atoms with Crippen molar-refractivity contribution in [3.63, 3.8) is 0 Å². The Kier molecular flexibility index (Phi) is 3.80. The second-order valence-electron chi connectivity index (χ2n) is 5.64. The van der Waals surface area contributed by atoms with Gasteiger partial charge in [0, 0.05) is 18.0 Å². The lowest BCUT2D eigenvalue weighted by atomic mass is 9.93. The number of nitro groups is 1. The quantitative estimate of drug-likeness (QED) is 0.648. The van der Waals surface area contributed by atoms with Crippen molar-refractivity contribution in [3.05, 3.63) is 45.8 Å². The molecule has 1 atom stereocenters. The van der Waals surface area contributed by atoms with E-state index in [0.717, 1.165) is 30.4 Å². The summed E-state index contributed by atoms with van der Waals surface area (Å²) in [5.41, 5.74) is 2.00. The number of nitro benzene ring substituents is 1. The lowest BCUT2D eigenvalue weighted by molar-refractivity contribution is -0.386. The van der Waals surface area contributed by atoms with Crippen LogP contribution in [0, 0.1) is 10.1 Å². The second-order valence-corrected chi connectivity index (χ2v) is 7.62. The predicted octanol–water partition coefficient (Wildman–Crippen LogP) is 1.69. The van der Waals surface area contributed by atoms with Crippen LogP contribution in [0.4, 0.5) is 11.4 Å². The van der Waals surface area contributed by atoms with Gasteiger partial charge in [0.15, 0.2) is 9.84 Å². The molecule has 1 aromatic heterocycles. The number of aromatic nitrogens is 2. The summed E-state index contributed by atoms with van der Waals surface area (Å²) in [6, 6.07) is 4.30. The molecular weight excluding hydrogens is 320 g/mol. The van der Waals surface area contributed by atoms with Gasteiger partial charge < -0.3 is 5.32 Å². The first-order valence-electron chi connectivity index (χ1n) is 7.11. The summed E-state index contributed by atoms with van der Waals surface area (Å²) in [7, 11) is -3.68. The minimum absolute atomic E-state index is 0.00592. The molecule has 9 heteroatoms. The number of anilines is 1. The lowest BCUT2D eigenvalue weighted by Gasteiger charge is -2.24. The number of aromatic amines is 1. The number of nitrogens with zero attached hydrogens (tertiary/aromatic N) is 2. The van der Waals surface area contributed by atoms with E-state index in [4.69, 9.17) is 0 Å². The number of aryl methyl sites for hydroxylation is 1. The molecule has 0 spiro atoms. The van der Waals surface area contributed by atoms with Crippen LogP contribution in [0.1, 0.15) is 17.7 Å². The second kappa shape index (κ2) is 5.65. The lowest BCUT2D eigenvalue weighted by Crippen LogP contribution is -2.27. The maximum absolute atomic E-state index is 11.8. The van der Waals surface area contributed by atoms with E-state index in [1.54, 1.807) is 6.20 Å². The topological polar surface area (TPSA) is 118 Å². The van der Waals surface area contributed by atoms with E-state index in [2.05, 4.69) is 15.5 Å². The zero-order valence-corrected chi connectivity index (χ0v) is 13.3. The van der Waals surface area contributed by atoms with Gasteiger partial charge in [0.05, 0.1) is 11.1 Å². The molecule has 122 valence electrons. The molecule has 1 aliphatic rings. The molecule has 0 amide bonds. The standard InChI is InChI=1S/C14H16N4O4S/c1-23(21,22)13-4-2-3-12(14(13)18(19)20)16-10-5-6-11-9(7-10)8-15-17-11/h2-4,8,10,16H,5-7H2,1H3,(H,15,17). The van der Waals surface area contributed by atoms with E-state index in [9.17, 15) is 18.5 Å². The van der Waals surface area contributed by atoms with Gasteiger partial charge in [-0.2, -0.15) is 5.10 Å². The molecule has 3 rings (SSSR count). The summed E-state index contributed by atoms with van der Waals surface area (Å²) < 4.78 is 23.6. The van der Waals surface area contributed by atoms with Crippen molar-refractivity contribution in [2.24, 2.45) is 0 Å². The van der Waals surface area contributed by atoms with Crippen LogP contribution in [0.5, 0.6) is 0 Å². The Morgan fingerprint density at radius 1 is 1.43 bits per heavy atom. The Morgan fingerprint density at radius 3 is 2.91 bits per heavy atom. The van der Waals surface area contributed by atoms with Crippen LogP contribution in [-0.2, 0) is 22.7 Å². The smallest absolute Gasteiger partial charge is 0.310 e. The van der Waals surface area contributed by atoms with Crippen molar-refractivity contribution in [3.8, 4) is 0 Å². The number of rotatable bonds is 4. The van der Waals surface area contributed by atoms with Crippen LogP contribution < -0.4 is 5.32 Å². The van der Waals surface area contributed by atoms with Crippen molar-refractivity contribution in [1.29, 1.82) is 0 Å². The number of nitrogens with one attached hydrogen (secondary N) is 2. The highest BCUT2D eigenvalue weighted by Gasteiger charge is 2.28. The Labute approximate surface area is 133 Å². The van der Waals surface area contributed by atoms with Crippen LogP contribution in [0.25, 0.3) is 0 Å². The molecular formula is C14H16N4O4S. The fourth-order valence-electron chi connectivity index (χ4n) is 2.89. The van der Waals surface area contributed by atoms with E-state index < -0.39 is 20.4 Å². The number of hydrogen-bond acceptors (Lipinski definition) is 6. The SMILES string of the molecule is CS(=O)(=O)c1cccc(NC2CCc3[nH]ncc3C2)c1[N+](=O)[O-]. The number of hydrogen-bond donors (Lipinski definition) is 2. The largest absolute Gasteiger partial charge is 0.376 e. The van der Waals surface area contributed by atoms with Gasteiger partial charge in [0.1, 0.15) is 10.6 Å². The van der Waals surface area contributed by atoms with Crippen molar-refractivity contribution in [1.82, 2.24) is 10.2 Å². The molecule has 0 aliphatic heterocycles. The van der Waals surface area contributed by atoms with Crippen molar-refractivity contribution in [2.75, 3.05) is 11.6 Å². The van der Waals surface area contributed by atoms with Crippen molar-refractivity contribution < 1.29 is 13.3 Å². The number of fused-ring (bicyclic) bond motifs is 1. The van der Waals surface area contributed by atoms with Crippen LogP contribution in [0.15, 0.2) is 29.3 Å². The van der Waals surface area contributed by atoms with Crippen molar-refractivity contribution in [2.45, 2.75) is 30.2 Å². The Hall–Kier alpha value is -2.42. The van der Waals surface area contributed by atoms with E-state index in [1.165, 1.54) is 18.2 Å². The third-order valence-electron chi connectivity index (χ3n) is 3.96. The first-order chi connectivity index (χ1) is 10.9. The monoisotopic (exact) mass is 336 g/mol. The highest BCUT2D eigenvalue weighted by atomic mass is 32.2. The van der Waals surface area contributed by atoms with Gasteiger partial charge in [-0.25, -0.2) is 8.42 Å². The van der Waals surface area contributed by atoms with Gasteiger partial charge >= 0.3 is 5.69 Å². The maximum atomic E-state index is 11.8. The predicted molar refractivity (Wildman–Crippen MR) is 84.2 cm³/mol. The molecule has 0 saturated carbocycles. The molecule has 2 N–H and O–H groups in total. The molecule has 0 radical (unpaired) electrons. The molecule has 0 fully saturated rings. The van der Waals surface area contributed by atoms with Crippen LogP contribution in [0.2, 0.25) is 0 Å². The molecule has 0 saturated heterocycles. The van der Waals surface area contributed by atoms with Gasteiger partial charge in [-0.3, -0.25) is 15.2 Å².